The Morgan fingerprint density at radius 3 is 2.60 bits per heavy atom. The molecule has 0 aromatic carbocycles. The Bertz CT molecular complexity index is 252. The van der Waals surface area contributed by atoms with E-state index in [1.807, 2.05) is 20.8 Å². The van der Waals surface area contributed by atoms with Crippen molar-refractivity contribution in [3.8, 4) is 0 Å². The molecule has 86 valence electrons. The molecule has 2 aliphatic rings. The fraction of sp³-hybridized carbons (Fsp3) is 0.900. The van der Waals surface area contributed by atoms with Gasteiger partial charge in [0.2, 0.25) is 0 Å². The highest BCUT2D eigenvalue weighted by Crippen LogP contribution is 2.38. The highest BCUT2D eigenvalue weighted by Gasteiger charge is 2.55. The summed E-state index contributed by atoms with van der Waals surface area (Å²) in [6.07, 6.45) is -1.02. The molecule has 2 aliphatic heterocycles. The third-order valence-corrected chi connectivity index (χ3v) is 2.51. The lowest BCUT2D eigenvalue weighted by Crippen LogP contribution is -2.31. The third-order valence-electron chi connectivity index (χ3n) is 2.51. The molecule has 2 saturated heterocycles. The molecule has 2 fully saturated rings. The van der Waals surface area contributed by atoms with Gasteiger partial charge in [-0.25, -0.2) is 0 Å². The van der Waals surface area contributed by atoms with Crippen molar-refractivity contribution in [2.24, 2.45) is 0 Å². The highest BCUT2D eigenvalue weighted by molar-refractivity contribution is 5.58. The zero-order chi connectivity index (χ0) is 11.1. The number of carbonyl (C=O) groups is 1. The predicted octanol–water partition coefficient (Wildman–Crippen LogP) is 0.467. The molecule has 0 saturated carbocycles. The lowest BCUT2D eigenvalue weighted by molar-refractivity contribution is -0.228. The van der Waals surface area contributed by atoms with Gasteiger partial charge in [0.05, 0.1) is 0 Å². The molecule has 0 unspecified atom stereocenters. The van der Waals surface area contributed by atoms with E-state index in [1.165, 1.54) is 0 Å². The number of carbonyl (C=O) groups excluding carboxylic acids is 1. The topological polar surface area (TPSA) is 54.0 Å². The first-order valence-electron chi connectivity index (χ1n) is 5.15. The second-order valence-corrected chi connectivity index (χ2v) is 4.13. The predicted molar refractivity (Wildman–Crippen MR) is 50.2 cm³/mol. The van der Waals surface area contributed by atoms with Crippen molar-refractivity contribution < 1.29 is 23.7 Å². The summed E-state index contributed by atoms with van der Waals surface area (Å²) in [4.78, 5) is 10.8. The van der Waals surface area contributed by atoms with Crippen LogP contribution in [0.2, 0.25) is 0 Å². The lowest BCUT2D eigenvalue weighted by atomic mass is 10.1. The van der Waals surface area contributed by atoms with Gasteiger partial charge in [-0.1, -0.05) is 0 Å². The van der Waals surface area contributed by atoms with Crippen LogP contribution in [0.4, 0.5) is 0 Å². The van der Waals surface area contributed by atoms with Crippen molar-refractivity contribution in [3.63, 3.8) is 0 Å². The van der Waals surface area contributed by atoms with E-state index in [2.05, 4.69) is 0 Å². The minimum absolute atomic E-state index is 0.310. The summed E-state index contributed by atoms with van der Waals surface area (Å²) in [5.74, 6) is -0.671. The minimum atomic E-state index is -0.671. The molecule has 0 bridgehead atoms. The van der Waals surface area contributed by atoms with E-state index >= 15 is 0 Å². The number of hydrogen-bond acceptors (Lipinski definition) is 5. The molecule has 0 amide bonds. The average Bonchev–Trinajstić information content (AvgIpc) is 2.61. The molecular weight excluding hydrogens is 200 g/mol. The van der Waals surface area contributed by atoms with Gasteiger partial charge in [-0.05, 0) is 20.8 Å². The van der Waals surface area contributed by atoms with Crippen LogP contribution in [-0.4, -0.2) is 43.3 Å². The van der Waals surface area contributed by atoms with E-state index in [9.17, 15) is 4.79 Å². The van der Waals surface area contributed by atoms with Gasteiger partial charge in [-0.3, -0.25) is 0 Å². The Morgan fingerprint density at radius 2 is 2.00 bits per heavy atom. The molecule has 4 atom stereocenters. The van der Waals surface area contributed by atoms with Crippen molar-refractivity contribution in [1.29, 1.82) is 0 Å². The van der Waals surface area contributed by atoms with Crippen molar-refractivity contribution in [1.82, 2.24) is 0 Å². The molecule has 0 aromatic rings. The standard InChI is InChI=1S/C10H16O5/c1-4-12-9-8-7(6(5-11)13-9)14-10(2,3)15-8/h5-9H,4H2,1-3H3/t6-,7+,8+,9+/m1/s1. The maximum atomic E-state index is 10.8. The summed E-state index contributed by atoms with van der Waals surface area (Å²) >= 11 is 0. The van der Waals surface area contributed by atoms with Crippen LogP contribution in [0.5, 0.6) is 0 Å². The van der Waals surface area contributed by atoms with Crippen molar-refractivity contribution in [2.75, 3.05) is 6.61 Å². The van der Waals surface area contributed by atoms with Gasteiger partial charge in [0.1, 0.15) is 18.3 Å². The van der Waals surface area contributed by atoms with Crippen LogP contribution in [0, 0.1) is 0 Å². The van der Waals surface area contributed by atoms with E-state index in [-0.39, 0.29) is 12.2 Å². The summed E-state index contributed by atoms with van der Waals surface area (Å²) in [6.45, 7) is 6.02. The monoisotopic (exact) mass is 216 g/mol. The van der Waals surface area contributed by atoms with Crippen LogP contribution < -0.4 is 0 Å². The number of aldehydes is 1. The zero-order valence-electron chi connectivity index (χ0n) is 9.14. The van der Waals surface area contributed by atoms with Gasteiger partial charge in [-0.15, -0.1) is 0 Å². The Balaban J connectivity index is 2.11. The molecule has 15 heavy (non-hydrogen) atoms. The molecule has 0 N–H and O–H groups in total. The maximum Gasteiger partial charge on any atom is 0.187 e. The first-order chi connectivity index (χ1) is 7.07. The average molecular weight is 216 g/mol. The van der Waals surface area contributed by atoms with Crippen LogP contribution in [0.25, 0.3) is 0 Å². The summed E-state index contributed by atoms with van der Waals surface area (Å²) in [7, 11) is 0. The van der Waals surface area contributed by atoms with Crippen LogP contribution in [0.1, 0.15) is 20.8 Å². The summed E-state index contributed by atoms with van der Waals surface area (Å²) in [5.41, 5.74) is 0. The fourth-order valence-corrected chi connectivity index (χ4v) is 2.00. The van der Waals surface area contributed by atoms with Crippen LogP contribution in [0.3, 0.4) is 0 Å². The largest absolute Gasteiger partial charge is 0.350 e. The Kier molecular flexibility index (Phi) is 2.81. The summed E-state index contributed by atoms with van der Waals surface area (Å²) in [5, 5.41) is 0. The number of hydrogen-bond donors (Lipinski definition) is 0. The zero-order valence-corrected chi connectivity index (χ0v) is 9.14. The number of rotatable bonds is 3. The van der Waals surface area contributed by atoms with E-state index in [4.69, 9.17) is 18.9 Å². The van der Waals surface area contributed by atoms with Crippen molar-refractivity contribution >= 4 is 6.29 Å². The molecule has 5 nitrogen and oxygen atoms in total. The maximum absolute atomic E-state index is 10.8. The first kappa shape index (κ1) is 11.0. The van der Waals surface area contributed by atoms with E-state index in [0.717, 1.165) is 6.29 Å². The Hall–Kier alpha value is -0.490. The van der Waals surface area contributed by atoms with Gasteiger partial charge in [0.15, 0.2) is 18.4 Å². The summed E-state index contributed by atoms with van der Waals surface area (Å²) in [6, 6.07) is 0. The van der Waals surface area contributed by atoms with E-state index < -0.39 is 18.2 Å². The van der Waals surface area contributed by atoms with Gasteiger partial charge in [0, 0.05) is 6.61 Å². The molecule has 0 radical (unpaired) electrons. The smallest absolute Gasteiger partial charge is 0.187 e. The van der Waals surface area contributed by atoms with Gasteiger partial charge >= 0.3 is 0 Å². The Labute approximate surface area is 88.6 Å². The van der Waals surface area contributed by atoms with Gasteiger partial charge < -0.3 is 23.7 Å². The molecule has 2 heterocycles. The molecule has 5 heteroatoms. The number of fused-ring (bicyclic) bond motifs is 1. The normalized spacial score (nSPS) is 42.9. The Morgan fingerprint density at radius 1 is 1.33 bits per heavy atom. The quantitative estimate of drug-likeness (QED) is 0.642. The fourth-order valence-electron chi connectivity index (χ4n) is 2.00. The van der Waals surface area contributed by atoms with E-state index in [0.29, 0.717) is 6.61 Å². The highest BCUT2D eigenvalue weighted by atomic mass is 16.8. The summed E-state index contributed by atoms with van der Waals surface area (Å²) < 4.78 is 22.0. The molecule has 0 aliphatic carbocycles. The van der Waals surface area contributed by atoms with Crippen LogP contribution in [-0.2, 0) is 23.7 Å². The van der Waals surface area contributed by atoms with Crippen LogP contribution in [0.15, 0.2) is 0 Å². The van der Waals surface area contributed by atoms with Crippen molar-refractivity contribution in [3.05, 3.63) is 0 Å². The minimum Gasteiger partial charge on any atom is -0.350 e. The second-order valence-electron chi connectivity index (χ2n) is 4.13. The van der Waals surface area contributed by atoms with E-state index in [1.54, 1.807) is 0 Å². The number of ether oxygens (including phenoxy) is 4. The second kappa shape index (κ2) is 3.83. The van der Waals surface area contributed by atoms with Crippen molar-refractivity contribution in [2.45, 2.75) is 51.2 Å². The van der Waals surface area contributed by atoms with Gasteiger partial charge in [0.25, 0.3) is 0 Å². The third kappa shape index (κ3) is 1.92. The molecule has 0 aromatic heterocycles. The molecule has 2 rings (SSSR count). The lowest BCUT2D eigenvalue weighted by Gasteiger charge is -2.22. The molecule has 0 spiro atoms. The van der Waals surface area contributed by atoms with Crippen LogP contribution >= 0.6 is 0 Å². The first-order valence-corrected chi connectivity index (χ1v) is 5.15. The molecular formula is C10H16O5. The SMILES string of the molecule is CCO[C@H]1O[C@H](C=O)[C@@H]2OC(C)(C)O[C@H]12. The van der Waals surface area contributed by atoms with Gasteiger partial charge in [-0.2, -0.15) is 0 Å².